The molecule has 138 valence electrons. The van der Waals surface area contributed by atoms with Crippen molar-refractivity contribution < 1.29 is 17.6 Å². The van der Waals surface area contributed by atoms with Crippen molar-refractivity contribution in [3.63, 3.8) is 0 Å². The van der Waals surface area contributed by atoms with Crippen molar-refractivity contribution in [1.82, 2.24) is 9.29 Å². The second-order valence-corrected chi connectivity index (χ2v) is 8.25. The van der Waals surface area contributed by atoms with Crippen LogP contribution in [0.25, 0.3) is 11.5 Å². The number of oxazole rings is 1. The van der Waals surface area contributed by atoms with E-state index in [9.17, 15) is 13.7 Å². The number of hydrogen-bond donors (Lipinski definition) is 0. The first-order chi connectivity index (χ1) is 12.4. The molecule has 0 unspecified atom stereocenters. The minimum Gasteiger partial charge on any atom is -0.495 e. The van der Waals surface area contributed by atoms with E-state index in [0.717, 1.165) is 30.2 Å². The Morgan fingerprint density at radius 1 is 1.31 bits per heavy atom. The molecule has 26 heavy (non-hydrogen) atoms. The molecule has 0 spiro atoms. The molecule has 1 aromatic heterocycles. The van der Waals surface area contributed by atoms with Crippen LogP contribution in [-0.4, -0.2) is 52.0 Å². The molecule has 0 atom stereocenters. The minimum absolute atomic E-state index is 0.0157. The van der Waals surface area contributed by atoms with Gasteiger partial charge in [-0.2, -0.15) is 10.2 Å². The molecule has 2 aromatic rings. The molecular formula is C17H20N4O4S. The van der Waals surface area contributed by atoms with Crippen LogP contribution >= 0.6 is 0 Å². The van der Waals surface area contributed by atoms with E-state index >= 15 is 0 Å². The van der Waals surface area contributed by atoms with Gasteiger partial charge >= 0.3 is 0 Å². The van der Waals surface area contributed by atoms with E-state index < -0.39 is 10.0 Å². The Bertz CT molecular complexity index is 954. The number of methoxy groups -OCH3 is 1. The molecule has 1 aromatic carbocycles. The van der Waals surface area contributed by atoms with Crippen LogP contribution in [0, 0.1) is 11.3 Å². The topological polar surface area (TPSA) is 99.7 Å². The highest BCUT2D eigenvalue weighted by molar-refractivity contribution is 7.89. The maximum absolute atomic E-state index is 12.6. The minimum atomic E-state index is -3.71. The van der Waals surface area contributed by atoms with Crippen LogP contribution in [0.2, 0.25) is 0 Å². The summed E-state index contributed by atoms with van der Waals surface area (Å²) in [5.41, 5.74) is 0.669. The fourth-order valence-corrected chi connectivity index (χ4v) is 3.93. The largest absolute Gasteiger partial charge is 0.495 e. The van der Waals surface area contributed by atoms with Crippen LogP contribution in [0.1, 0.15) is 18.5 Å². The van der Waals surface area contributed by atoms with Crippen LogP contribution in [-0.2, 0) is 10.0 Å². The maximum atomic E-state index is 12.6. The zero-order valence-corrected chi connectivity index (χ0v) is 15.7. The van der Waals surface area contributed by atoms with Gasteiger partial charge in [0, 0.05) is 32.7 Å². The van der Waals surface area contributed by atoms with E-state index in [2.05, 4.69) is 11.1 Å². The van der Waals surface area contributed by atoms with Gasteiger partial charge in [-0.25, -0.2) is 12.7 Å². The molecular weight excluding hydrogens is 356 g/mol. The van der Waals surface area contributed by atoms with E-state index in [0.29, 0.717) is 11.4 Å². The quantitative estimate of drug-likeness (QED) is 0.787. The highest BCUT2D eigenvalue weighted by Crippen LogP contribution is 2.34. The smallest absolute Gasteiger partial charge is 0.246 e. The van der Waals surface area contributed by atoms with Gasteiger partial charge in [-0.15, -0.1) is 0 Å². The average Bonchev–Trinajstić information content (AvgIpc) is 3.30. The summed E-state index contributed by atoms with van der Waals surface area (Å²) in [5, 5.41) is 9.36. The number of rotatable bonds is 5. The molecule has 1 aliphatic heterocycles. The van der Waals surface area contributed by atoms with E-state index in [1.54, 1.807) is 12.1 Å². The standard InChI is InChI=1S/C17H20N4O4S/c1-20(2)26(22,23)15-10-12(6-7-14(15)24-3)16-19-13(11-18)17(25-16)21-8-4-5-9-21/h6-7,10H,4-5,8-9H2,1-3H3. The van der Waals surface area contributed by atoms with E-state index in [4.69, 9.17) is 9.15 Å². The summed E-state index contributed by atoms with van der Waals surface area (Å²) in [6.07, 6.45) is 2.07. The molecule has 0 aliphatic carbocycles. The molecule has 3 rings (SSSR count). The van der Waals surface area contributed by atoms with Gasteiger partial charge in [-0.1, -0.05) is 0 Å². The third-order valence-electron chi connectivity index (χ3n) is 4.28. The van der Waals surface area contributed by atoms with Gasteiger partial charge in [-0.05, 0) is 31.0 Å². The first kappa shape index (κ1) is 18.2. The molecule has 1 saturated heterocycles. The monoisotopic (exact) mass is 376 g/mol. The molecule has 0 N–H and O–H groups in total. The molecule has 1 fully saturated rings. The van der Waals surface area contributed by atoms with E-state index in [-0.39, 0.29) is 22.2 Å². The third-order valence-corrected chi connectivity index (χ3v) is 6.11. The highest BCUT2D eigenvalue weighted by Gasteiger charge is 2.26. The van der Waals surface area contributed by atoms with Gasteiger partial charge in [0.1, 0.15) is 16.7 Å². The number of benzene rings is 1. The van der Waals surface area contributed by atoms with E-state index in [1.165, 1.54) is 27.3 Å². The molecule has 0 bridgehead atoms. The van der Waals surface area contributed by atoms with Crippen molar-refractivity contribution in [1.29, 1.82) is 5.26 Å². The molecule has 0 amide bonds. The molecule has 2 heterocycles. The predicted molar refractivity (Wildman–Crippen MR) is 95.5 cm³/mol. The lowest BCUT2D eigenvalue weighted by Crippen LogP contribution is -2.22. The van der Waals surface area contributed by atoms with Gasteiger partial charge < -0.3 is 14.1 Å². The number of sulfonamides is 1. The van der Waals surface area contributed by atoms with Gasteiger partial charge in [-0.3, -0.25) is 0 Å². The number of ether oxygens (including phenoxy) is 1. The number of aromatic nitrogens is 1. The fourth-order valence-electron chi connectivity index (χ4n) is 2.85. The third kappa shape index (κ3) is 3.13. The van der Waals surface area contributed by atoms with Crippen LogP contribution < -0.4 is 9.64 Å². The Hall–Kier alpha value is -2.57. The van der Waals surface area contributed by atoms with Gasteiger partial charge in [0.05, 0.1) is 7.11 Å². The van der Waals surface area contributed by atoms with Gasteiger partial charge in [0.2, 0.25) is 27.5 Å². The Morgan fingerprint density at radius 3 is 2.58 bits per heavy atom. The number of hydrogen-bond acceptors (Lipinski definition) is 7. The second kappa shape index (κ2) is 6.97. The molecule has 9 heteroatoms. The Morgan fingerprint density at radius 2 is 2.00 bits per heavy atom. The summed E-state index contributed by atoms with van der Waals surface area (Å²) in [4.78, 5) is 6.25. The zero-order valence-electron chi connectivity index (χ0n) is 14.9. The normalized spacial score (nSPS) is 14.7. The fraction of sp³-hybridized carbons (Fsp3) is 0.412. The summed E-state index contributed by atoms with van der Waals surface area (Å²) in [6, 6.07) is 6.72. The molecule has 0 saturated carbocycles. The van der Waals surface area contributed by atoms with Crippen molar-refractivity contribution in [2.75, 3.05) is 39.2 Å². The van der Waals surface area contributed by atoms with Crippen molar-refractivity contribution in [2.24, 2.45) is 0 Å². The summed E-state index contributed by atoms with van der Waals surface area (Å²) in [6.45, 7) is 1.62. The average molecular weight is 376 g/mol. The second-order valence-electron chi connectivity index (χ2n) is 6.13. The summed E-state index contributed by atoms with van der Waals surface area (Å²) in [5.74, 6) is 0.878. The lowest BCUT2D eigenvalue weighted by molar-refractivity contribution is 0.400. The Balaban J connectivity index is 2.09. The van der Waals surface area contributed by atoms with Crippen molar-refractivity contribution in [3.05, 3.63) is 23.9 Å². The number of anilines is 1. The first-order valence-corrected chi connectivity index (χ1v) is 9.59. The molecule has 8 nitrogen and oxygen atoms in total. The van der Waals surface area contributed by atoms with E-state index in [1.807, 2.05) is 4.90 Å². The Kier molecular flexibility index (Phi) is 4.89. The van der Waals surface area contributed by atoms with Gasteiger partial charge in [0.25, 0.3) is 0 Å². The lowest BCUT2D eigenvalue weighted by Gasteiger charge is -2.15. The lowest BCUT2D eigenvalue weighted by atomic mass is 10.2. The van der Waals surface area contributed by atoms with Crippen molar-refractivity contribution >= 4 is 15.9 Å². The van der Waals surface area contributed by atoms with Crippen LogP contribution in [0.4, 0.5) is 5.88 Å². The van der Waals surface area contributed by atoms with Crippen molar-refractivity contribution in [2.45, 2.75) is 17.7 Å². The molecule has 1 aliphatic rings. The summed E-state index contributed by atoms with van der Waals surface area (Å²) >= 11 is 0. The number of nitrogens with zero attached hydrogens (tertiary/aromatic N) is 4. The Labute approximate surface area is 152 Å². The highest BCUT2D eigenvalue weighted by atomic mass is 32.2. The van der Waals surface area contributed by atoms with Gasteiger partial charge in [0.15, 0.2) is 0 Å². The summed E-state index contributed by atoms with van der Waals surface area (Å²) in [7, 11) is 0.600. The SMILES string of the molecule is COc1ccc(-c2nc(C#N)c(N3CCCC3)o2)cc1S(=O)(=O)N(C)C. The van der Waals surface area contributed by atoms with Crippen LogP contribution in [0.15, 0.2) is 27.5 Å². The van der Waals surface area contributed by atoms with Crippen LogP contribution in [0.5, 0.6) is 5.75 Å². The molecule has 0 radical (unpaired) electrons. The zero-order chi connectivity index (χ0) is 18.9. The summed E-state index contributed by atoms with van der Waals surface area (Å²) < 4.78 is 37.3. The maximum Gasteiger partial charge on any atom is 0.246 e. The van der Waals surface area contributed by atoms with Crippen LogP contribution in [0.3, 0.4) is 0 Å². The predicted octanol–water partition coefficient (Wildman–Crippen LogP) is 2.07. The van der Waals surface area contributed by atoms with Crippen molar-refractivity contribution in [3.8, 4) is 23.3 Å². The number of nitriles is 1. The first-order valence-electron chi connectivity index (χ1n) is 8.15.